The molecule has 302 valence electrons. The predicted molar refractivity (Wildman–Crippen MR) is 228 cm³/mol. The average molecular weight is 830 g/mol. The number of benzene rings is 3. The molecule has 0 spiro atoms. The van der Waals surface area contributed by atoms with Crippen LogP contribution in [-0.2, 0) is 13.1 Å². The Hall–Kier alpha value is -4.81. The summed E-state index contributed by atoms with van der Waals surface area (Å²) < 4.78 is 39.1. The molecule has 0 radical (unpaired) electrons. The lowest BCUT2D eigenvalue weighted by Crippen LogP contribution is -2.44. The molecule has 1 fully saturated rings. The summed E-state index contributed by atoms with van der Waals surface area (Å²) in [6.07, 6.45) is 7.68. The molecule has 0 aliphatic carbocycles. The van der Waals surface area contributed by atoms with E-state index in [9.17, 15) is 0 Å². The minimum atomic E-state index is 0. The zero-order valence-electron chi connectivity index (χ0n) is 32.8. The first-order valence-corrected chi connectivity index (χ1v) is 17.5. The van der Waals surface area contributed by atoms with Crippen molar-refractivity contribution in [1.29, 1.82) is 0 Å². The highest BCUT2D eigenvalue weighted by Gasteiger charge is 2.26. The van der Waals surface area contributed by atoms with Gasteiger partial charge in [-0.3, -0.25) is 14.9 Å². The third-order valence-corrected chi connectivity index (χ3v) is 9.72. The highest BCUT2D eigenvalue weighted by molar-refractivity contribution is 5.86. The van der Waals surface area contributed by atoms with E-state index >= 15 is 0 Å². The lowest BCUT2D eigenvalue weighted by molar-refractivity contribution is 0.201. The number of nitrogens with zero attached hydrogens (tertiary/aromatic N) is 4. The van der Waals surface area contributed by atoms with Gasteiger partial charge in [0, 0.05) is 73.7 Å². The smallest absolute Gasteiger partial charge is 0.203 e. The van der Waals surface area contributed by atoms with Gasteiger partial charge in [-0.2, -0.15) is 0 Å². The summed E-state index contributed by atoms with van der Waals surface area (Å²) in [7, 11) is 11.4. The fourth-order valence-electron chi connectivity index (χ4n) is 7.00. The summed E-state index contributed by atoms with van der Waals surface area (Å²) in [5.41, 5.74) is 7.05. The van der Waals surface area contributed by atoms with E-state index in [2.05, 4.69) is 56.2 Å². The Morgan fingerprint density at radius 2 is 1.20 bits per heavy atom. The fraction of sp³-hybridized carbons (Fsp3) is 0.333. The van der Waals surface area contributed by atoms with E-state index in [-0.39, 0.29) is 37.2 Å². The zero-order chi connectivity index (χ0) is 37.3. The number of likely N-dealkylation sites (tertiary alicyclic amines) is 1. The molecule has 14 heteroatoms. The first-order valence-electron chi connectivity index (χ1n) is 17.5. The first kappa shape index (κ1) is 45.6. The van der Waals surface area contributed by atoms with Crippen LogP contribution in [0.3, 0.4) is 0 Å². The molecule has 2 aromatic heterocycles. The van der Waals surface area contributed by atoms with Gasteiger partial charge >= 0.3 is 0 Å². The Balaban J connectivity index is 0.00000280. The zero-order valence-corrected chi connectivity index (χ0v) is 35.2. The molecule has 3 heterocycles. The Morgan fingerprint density at radius 3 is 1.75 bits per heavy atom. The predicted octanol–water partition coefficient (Wildman–Crippen LogP) is 8.81. The molecule has 1 aliphatic rings. The summed E-state index contributed by atoms with van der Waals surface area (Å²) in [4.78, 5) is 14.3. The summed E-state index contributed by atoms with van der Waals surface area (Å²) in [5, 5.41) is 0. The molecule has 0 N–H and O–H groups in total. The van der Waals surface area contributed by atoms with Crippen LogP contribution in [0.25, 0.3) is 22.4 Å². The molecule has 3 aromatic carbocycles. The van der Waals surface area contributed by atoms with Crippen molar-refractivity contribution in [2.75, 3.05) is 67.8 Å². The molecule has 56 heavy (non-hydrogen) atoms. The van der Waals surface area contributed by atoms with Crippen molar-refractivity contribution < 1.29 is 33.2 Å². The largest absolute Gasteiger partial charge is 0.497 e. The Bertz CT molecular complexity index is 1960. The summed E-state index contributed by atoms with van der Waals surface area (Å²) in [6.45, 7) is 3.42. The Labute approximate surface area is 348 Å². The van der Waals surface area contributed by atoms with Gasteiger partial charge in [0.05, 0.1) is 55.5 Å². The van der Waals surface area contributed by atoms with Crippen molar-refractivity contribution in [3.63, 3.8) is 0 Å². The first-order chi connectivity index (χ1) is 25.9. The minimum Gasteiger partial charge on any atom is -0.497 e. The van der Waals surface area contributed by atoms with Gasteiger partial charge in [0.15, 0.2) is 23.0 Å². The molecule has 0 saturated carbocycles. The number of aromatic nitrogens is 2. The SMILES string of the molecule is COc1cccc(N(Cc2cncc(-c3cc(OC)c(OC)c(OC)c3)c2)C2CCN(Cc3ccnc(-c4cc(OC)c(OC)c(OC)c4)c3)CC2)c1.Cl.Cl.Cl. The van der Waals surface area contributed by atoms with E-state index in [0.717, 1.165) is 71.9 Å². The number of methoxy groups -OCH3 is 7. The Morgan fingerprint density at radius 1 is 0.607 bits per heavy atom. The van der Waals surface area contributed by atoms with Gasteiger partial charge in [0.25, 0.3) is 0 Å². The fourth-order valence-corrected chi connectivity index (χ4v) is 7.00. The minimum absolute atomic E-state index is 0. The molecule has 1 saturated heterocycles. The number of piperidine rings is 1. The highest BCUT2D eigenvalue weighted by atomic mass is 35.5. The second-order valence-electron chi connectivity index (χ2n) is 12.8. The van der Waals surface area contributed by atoms with Crippen molar-refractivity contribution in [2.24, 2.45) is 0 Å². The standard InChI is InChI=1S/C42H48N4O7.3ClH/c1-47-35-10-8-9-34(23-35)46(27-29-17-32(25-43-24-29)30-19-37(48-2)41(52-6)38(20-30)49-3)33-12-15-45(16-13-33)26-28-11-14-44-36(18-28)31-21-39(50-4)42(53-7)40(22-31)51-5;;;/h8-11,14,17-25,33H,12-13,15-16,26-27H2,1-7H3;3*1H. The number of hydrogen-bond donors (Lipinski definition) is 0. The quantitative estimate of drug-likeness (QED) is 0.101. The van der Waals surface area contributed by atoms with Gasteiger partial charge in [-0.05, 0) is 84.1 Å². The van der Waals surface area contributed by atoms with Crippen LogP contribution in [0.5, 0.6) is 40.2 Å². The van der Waals surface area contributed by atoms with Crippen molar-refractivity contribution in [1.82, 2.24) is 14.9 Å². The van der Waals surface area contributed by atoms with Crippen molar-refractivity contribution in [3.8, 4) is 62.6 Å². The number of pyridine rings is 2. The maximum Gasteiger partial charge on any atom is 0.203 e. The molecule has 6 rings (SSSR count). The maximum atomic E-state index is 5.64. The van der Waals surface area contributed by atoms with Crippen LogP contribution in [0.2, 0.25) is 0 Å². The maximum absolute atomic E-state index is 5.64. The van der Waals surface area contributed by atoms with Crippen LogP contribution in [0.15, 0.2) is 85.3 Å². The topological polar surface area (TPSA) is 96.9 Å². The molecule has 1 aliphatic heterocycles. The normalized spacial score (nSPS) is 12.6. The van der Waals surface area contributed by atoms with E-state index < -0.39 is 0 Å². The summed E-state index contributed by atoms with van der Waals surface area (Å²) in [5.74, 6) is 4.34. The van der Waals surface area contributed by atoms with Crippen molar-refractivity contribution in [2.45, 2.75) is 32.0 Å². The molecule has 11 nitrogen and oxygen atoms in total. The summed E-state index contributed by atoms with van der Waals surface area (Å²) in [6, 6.07) is 22.8. The second-order valence-corrected chi connectivity index (χ2v) is 12.8. The number of anilines is 1. The van der Waals surface area contributed by atoms with Crippen LogP contribution >= 0.6 is 37.2 Å². The monoisotopic (exact) mass is 828 g/mol. The molecule has 0 bridgehead atoms. The van der Waals surface area contributed by atoms with Gasteiger partial charge in [0.1, 0.15) is 5.75 Å². The van der Waals surface area contributed by atoms with Gasteiger partial charge in [-0.25, -0.2) is 0 Å². The molecule has 0 unspecified atom stereocenters. The number of rotatable bonds is 15. The Kier molecular flexibility index (Phi) is 17.5. The van der Waals surface area contributed by atoms with Crippen LogP contribution in [-0.4, -0.2) is 83.8 Å². The van der Waals surface area contributed by atoms with Gasteiger partial charge in [-0.15, -0.1) is 37.2 Å². The van der Waals surface area contributed by atoms with E-state index in [1.807, 2.05) is 48.9 Å². The van der Waals surface area contributed by atoms with Crippen molar-refractivity contribution >= 4 is 42.9 Å². The van der Waals surface area contributed by atoms with E-state index in [0.29, 0.717) is 47.1 Å². The third-order valence-electron chi connectivity index (χ3n) is 9.72. The molecule has 0 amide bonds. The average Bonchev–Trinajstić information content (AvgIpc) is 3.22. The molecular formula is C42H51Cl3N4O7. The van der Waals surface area contributed by atoms with Gasteiger partial charge < -0.3 is 38.1 Å². The van der Waals surface area contributed by atoms with Gasteiger partial charge in [0.2, 0.25) is 11.5 Å². The molecular weight excluding hydrogens is 779 g/mol. The van der Waals surface area contributed by atoms with Crippen LogP contribution in [0.4, 0.5) is 5.69 Å². The van der Waals surface area contributed by atoms with Gasteiger partial charge in [-0.1, -0.05) is 6.07 Å². The lowest BCUT2D eigenvalue weighted by Gasteiger charge is -2.40. The third kappa shape index (κ3) is 10.3. The number of hydrogen-bond acceptors (Lipinski definition) is 11. The second kappa shape index (κ2) is 21.5. The van der Waals surface area contributed by atoms with Crippen LogP contribution in [0, 0.1) is 0 Å². The number of ether oxygens (including phenoxy) is 7. The van der Waals surface area contributed by atoms with E-state index in [4.69, 9.17) is 33.2 Å². The van der Waals surface area contributed by atoms with Crippen LogP contribution in [0.1, 0.15) is 24.0 Å². The van der Waals surface area contributed by atoms with E-state index in [1.54, 1.807) is 49.8 Å². The molecule has 0 atom stereocenters. The number of halogens is 3. The lowest BCUT2D eigenvalue weighted by atomic mass is 9.99. The highest BCUT2D eigenvalue weighted by Crippen LogP contribution is 2.42. The van der Waals surface area contributed by atoms with Crippen LogP contribution < -0.4 is 38.1 Å². The van der Waals surface area contributed by atoms with Crippen molar-refractivity contribution in [3.05, 3.63) is 96.4 Å². The van der Waals surface area contributed by atoms with E-state index in [1.165, 1.54) is 5.56 Å². The molecule has 5 aromatic rings. The summed E-state index contributed by atoms with van der Waals surface area (Å²) >= 11 is 0.